The number of nitrogens with zero attached hydrogens (tertiary/aromatic N) is 2. The molecule has 0 bridgehead atoms. The van der Waals surface area contributed by atoms with Crippen molar-refractivity contribution in [3.63, 3.8) is 0 Å². The summed E-state index contributed by atoms with van der Waals surface area (Å²) < 4.78 is 1.59. The van der Waals surface area contributed by atoms with Crippen molar-refractivity contribution in [2.45, 2.75) is 13.3 Å². The third-order valence-corrected chi connectivity index (χ3v) is 2.46. The zero-order valence-electron chi connectivity index (χ0n) is 9.42. The Labute approximate surface area is 98.5 Å². The topological polar surface area (TPSA) is 81.1 Å². The van der Waals surface area contributed by atoms with Crippen LogP contribution in [0.1, 0.15) is 11.1 Å². The number of nitrogen functional groups attached to an aromatic ring is 1. The molecule has 5 nitrogen and oxygen atoms in total. The largest absolute Gasteiger partial charge is 0.481 e. The van der Waals surface area contributed by atoms with Crippen LogP contribution in [0.4, 0.5) is 5.82 Å². The molecule has 0 aliphatic heterocycles. The zero-order chi connectivity index (χ0) is 12.4. The first kappa shape index (κ1) is 11.2. The van der Waals surface area contributed by atoms with Crippen molar-refractivity contribution < 1.29 is 9.90 Å². The van der Waals surface area contributed by atoms with Crippen molar-refractivity contribution in [3.05, 3.63) is 41.6 Å². The molecule has 1 aromatic heterocycles. The van der Waals surface area contributed by atoms with E-state index < -0.39 is 5.97 Å². The van der Waals surface area contributed by atoms with E-state index in [0.717, 1.165) is 11.3 Å². The molecule has 1 aromatic carbocycles. The summed E-state index contributed by atoms with van der Waals surface area (Å²) in [6.07, 6.45) is 1.53. The van der Waals surface area contributed by atoms with Crippen LogP contribution in [0.5, 0.6) is 0 Å². The lowest BCUT2D eigenvalue weighted by Crippen LogP contribution is -2.01. The molecule has 0 spiro atoms. The van der Waals surface area contributed by atoms with Gasteiger partial charge in [-0.25, -0.2) is 4.68 Å². The number of hydrogen-bond acceptors (Lipinski definition) is 3. The van der Waals surface area contributed by atoms with Crippen LogP contribution < -0.4 is 5.73 Å². The highest BCUT2D eigenvalue weighted by Gasteiger charge is 2.10. The van der Waals surface area contributed by atoms with Crippen molar-refractivity contribution in [1.29, 1.82) is 0 Å². The van der Waals surface area contributed by atoms with Crippen molar-refractivity contribution >= 4 is 11.8 Å². The summed E-state index contributed by atoms with van der Waals surface area (Å²) in [7, 11) is 0. The Morgan fingerprint density at radius 3 is 2.65 bits per heavy atom. The number of carboxylic acids is 1. The molecule has 0 saturated carbocycles. The Bertz CT molecular complexity index is 543. The Balaban J connectivity index is 2.34. The van der Waals surface area contributed by atoms with Gasteiger partial charge in [0.05, 0.1) is 12.1 Å². The van der Waals surface area contributed by atoms with Gasteiger partial charge in [0.2, 0.25) is 0 Å². The molecule has 0 unspecified atom stereocenters. The van der Waals surface area contributed by atoms with Crippen LogP contribution in [0, 0.1) is 6.92 Å². The van der Waals surface area contributed by atoms with Crippen LogP contribution in [-0.4, -0.2) is 20.9 Å². The molecule has 17 heavy (non-hydrogen) atoms. The summed E-state index contributed by atoms with van der Waals surface area (Å²) in [5.74, 6) is -0.659. The zero-order valence-corrected chi connectivity index (χ0v) is 9.42. The smallest absolute Gasteiger partial charge is 0.308 e. The van der Waals surface area contributed by atoms with E-state index in [9.17, 15) is 4.79 Å². The minimum atomic E-state index is -0.917. The monoisotopic (exact) mass is 231 g/mol. The van der Waals surface area contributed by atoms with E-state index in [4.69, 9.17) is 10.8 Å². The number of carboxylic acid groups (broad SMARTS) is 1. The number of aliphatic carboxylic acids is 1. The maximum Gasteiger partial charge on any atom is 0.308 e. The highest BCUT2D eigenvalue weighted by atomic mass is 16.4. The fourth-order valence-corrected chi connectivity index (χ4v) is 1.55. The van der Waals surface area contributed by atoms with Gasteiger partial charge in [-0.15, -0.1) is 0 Å². The predicted octanol–water partition coefficient (Wildman–Crippen LogP) is 1.39. The van der Waals surface area contributed by atoms with E-state index in [-0.39, 0.29) is 12.2 Å². The molecule has 0 saturated heterocycles. The number of nitrogens with two attached hydrogens (primary N) is 1. The van der Waals surface area contributed by atoms with Crippen LogP contribution in [0.2, 0.25) is 0 Å². The first-order valence-electron chi connectivity index (χ1n) is 5.19. The number of carbonyl (C=O) groups is 1. The quantitative estimate of drug-likeness (QED) is 0.836. The predicted molar refractivity (Wildman–Crippen MR) is 64.1 cm³/mol. The molecule has 0 radical (unpaired) electrons. The molecule has 0 aliphatic rings. The standard InChI is InChI=1S/C12H13N3O2/c1-8-2-4-10(5-3-8)15-7-9(6-11(16)17)12(13)14-15/h2-5,7H,6H2,1H3,(H2,13,14)(H,16,17). The summed E-state index contributed by atoms with van der Waals surface area (Å²) in [5.41, 5.74) is 8.20. The Hall–Kier alpha value is -2.30. The summed E-state index contributed by atoms with van der Waals surface area (Å²) in [6.45, 7) is 2.00. The number of benzene rings is 1. The van der Waals surface area contributed by atoms with E-state index >= 15 is 0 Å². The van der Waals surface area contributed by atoms with E-state index in [0.29, 0.717) is 5.56 Å². The van der Waals surface area contributed by atoms with E-state index in [1.165, 1.54) is 0 Å². The molecule has 88 valence electrons. The third-order valence-electron chi connectivity index (χ3n) is 2.46. The summed E-state index contributed by atoms with van der Waals surface area (Å²) >= 11 is 0. The van der Waals surface area contributed by atoms with Gasteiger partial charge in [0, 0.05) is 11.8 Å². The van der Waals surface area contributed by atoms with Gasteiger partial charge in [-0.05, 0) is 19.1 Å². The molecule has 5 heteroatoms. The average molecular weight is 231 g/mol. The van der Waals surface area contributed by atoms with Gasteiger partial charge < -0.3 is 10.8 Å². The van der Waals surface area contributed by atoms with Crippen LogP contribution in [0.25, 0.3) is 5.69 Å². The minimum absolute atomic E-state index is 0.113. The molecule has 0 atom stereocenters. The summed E-state index contributed by atoms with van der Waals surface area (Å²) in [4.78, 5) is 10.6. The molecule has 2 aromatic rings. The molecule has 3 N–H and O–H groups in total. The fourth-order valence-electron chi connectivity index (χ4n) is 1.55. The number of hydrogen-bond donors (Lipinski definition) is 2. The molecular weight excluding hydrogens is 218 g/mol. The van der Waals surface area contributed by atoms with E-state index in [2.05, 4.69) is 5.10 Å². The molecule has 1 heterocycles. The maximum absolute atomic E-state index is 10.6. The lowest BCUT2D eigenvalue weighted by molar-refractivity contribution is -0.136. The van der Waals surface area contributed by atoms with Gasteiger partial charge in [-0.3, -0.25) is 4.79 Å². The molecule has 0 fully saturated rings. The van der Waals surface area contributed by atoms with Crippen molar-refractivity contribution in [1.82, 2.24) is 9.78 Å². The Morgan fingerprint density at radius 1 is 1.41 bits per heavy atom. The Morgan fingerprint density at radius 2 is 2.06 bits per heavy atom. The van der Waals surface area contributed by atoms with E-state index in [1.54, 1.807) is 10.9 Å². The van der Waals surface area contributed by atoms with Gasteiger partial charge in [0.15, 0.2) is 0 Å². The highest BCUT2D eigenvalue weighted by molar-refractivity contribution is 5.72. The first-order valence-corrected chi connectivity index (χ1v) is 5.19. The molecule has 0 amide bonds. The maximum atomic E-state index is 10.6. The lowest BCUT2D eigenvalue weighted by Gasteiger charge is -2.00. The summed E-state index contributed by atoms with van der Waals surface area (Å²) in [5, 5.41) is 12.8. The number of rotatable bonds is 3. The van der Waals surface area contributed by atoms with Gasteiger partial charge in [0.1, 0.15) is 5.82 Å². The van der Waals surface area contributed by atoms with Crippen molar-refractivity contribution in [2.24, 2.45) is 0 Å². The van der Waals surface area contributed by atoms with Crippen LogP contribution in [0.15, 0.2) is 30.5 Å². The second kappa shape index (κ2) is 4.29. The highest BCUT2D eigenvalue weighted by Crippen LogP contribution is 2.15. The minimum Gasteiger partial charge on any atom is -0.481 e. The van der Waals surface area contributed by atoms with Gasteiger partial charge >= 0.3 is 5.97 Å². The van der Waals surface area contributed by atoms with Crippen LogP contribution >= 0.6 is 0 Å². The first-order chi connectivity index (χ1) is 8.06. The molecular formula is C12H13N3O2. The SMILES string of the molecule is Cc1ccc(-n2cc(CC(=O)O)c(N)n2)cc1. The number of aryl methyl sites for hydroxylation is 1. The second-order valence-electron chi connectivity index (χ2n) is 3.89. The Kier molecular flexibility index (Phi) is 2.82. The third kappa shape index (κ3) is 2.44. The van der Waals surface area contributed by atoms with Crippen molar-refractivity contribution in [2.75, 3.05) is 5.73 Å². The van der Waals surface area contributed by atoms with Gasteiger partial charge in [-0.2, -0.15) is 5.10 Å². The number of aromatic nitrogens is 2. The van der Waals surface area contributed by atoms with Crippen molar-refractivity contribution in [3.8, 4) is 5.69 Å². The number of anilines is 1. The molecule has 2 rings (SSSR count). The second-order valence-corrected chi connectivity index (χ2v) is 3.89. The normalized spacial score (nSPS) is 10.4. The van der Waals surface area contributed by atoms with Crippen LogP contribution in [-0.2, 0) is 11.2 Å². The summed E-state index contributed by atoms with van der Waals surface area (Å²) in [6, 6.07) is 7.74. The van der Waals surface area contributed by atoms with Gasteiger partial charge in [-0.1, -0.05) is 17.7 Å². The average Bonchev–Trinajstić information content (AvgIpc) is 2.60. The van der Waals surface area contributed by atoms with E-state index in [1.807, 2.05) is 31.2 Å². The lowest BCUT2D eigenvalue weighted by atomic mass is 10.2. The fraction of sp³-hybridized carbons (Fsp3) is 0.167. The van der Waals surface area contributed by atoms with Gasteiger partial charge in [0.25, 0.3) is 0 Å². The molecule has 0 aliphatic carbocycles. The van der Waals surface area contributed by atoms with Crippen LogP contribution in [0.3, 0.4) is 0 Å².